The first-order valence-corrected chi connectivity index (χ1v) is 9.01. The van der Waals surface area contributed by atoms with Crippen LogP contribution >= 0.6 is 0 Å². The molecule has 0 atom stereocenters. The third-order valence-electron chi connectivity index (χ3n) is 4.15. The normalized spacial score (nSPS) is 17.0. The molecule has 1 aromatic heterocycles. The summed E-state index contributed by atoms with van der Waals surface area (Å²) in [5, 5.41) is 0. The van der Waals surface area contributed by atoms with Crippen molar-refractivity contribution < 1.29 is 8.42 Å². The van der Waals surface area contributed by atoms with Crippen molar-refractivity contribution >= 4 is 10.0 Å². The Kier molecular flexibility index (Phi) is 5.43. The summed E-state index contributed by atoms with van der Waals surface area (Å²) in [5.74, 6) is 0. The summed E-state index contributed by atoms with van der Waals surface area (Å²) >= 11 is 0. The number of likely N-dealkylation sites (N-methyl/N-ethyl adjacent to an activating group) is 1. The van der Waals surface area contributed by atoms with Crippen LogP contribution in [-0.4, -0.2) is 55.4 Å². The average Bonchev–Trinajstić information content (AvgIpc) is 3.13. The highest BCUT2D eigenvalue weighted by Crippen LogP contribution is 2.18. The Balaban J connectivity index is 2.06. The van der Waals surface area contributed by atoms with Crippen LogP contribution in [0.4, 0.5) is 0 Å². The molecule has 0 amide bonds. The molecule has 1 saturated heterocycles. The zero-order valence-corrected chi connectivity index (χ0v) is 13.8. The summed E-state index contributed by atoms with van der Waals surface area (Å²) in [4.78, 5) is 2.66. The number of hydrogen-bond donors (Lipinski definition) is 1. The van der Waals surface area contributed by atoms with Crippen molar-refractivity contribution in [1.82, 2.24) is 13.8 Å². The molecule has 1 aliphatic heterocycles. The Morgan fingerprint density at radius 2 is 2.00 bits per heavy atom. The molecule has 7 heteroatoms. The van der Waals surface area contributed by atoms with Gasteiger partial charge in [0.15, 0.2) is 0 Å². The van der Waals surface area contributed by atoms with E-state index in [-0.39, 0.29) is 0 Å². The lowest BCUT2D eigenvalue weighted by molar-refractivity contribution is 0.310. The highest BCUT2D eigenvalue weighted by atomic mass is 32.2. The van der Waals surface area contributed by atoms with E-state index in [1.165, 1.54) is 17.1 Å². The van der Waals surface area contributed by atoms with Crippen LogP contribution in [0.5, 0.6) is 0 Å². The lowest BCUT2D eigenvalue weighted by Crippen LogP contribution is -2.35. The first kappa shape index (κ1) is 16.5. The van der Waals surface area contributed by atoms with Gasteiger partial charge in [0.05, 0.1) is 0 Å². The van der Waals surface area contributed by atoms with Gasteiger partial charge in [0.1, 0.15) is 4.90 Å². The first-order chi connectivity index (χ1) is 9.98. The van der Waals surface area contributed by atoms with Crippen LogP contribution in [-0.2, 0) is 23.1 Å². The summed E-state index contributed by atoms with van der Waals surface area (Å²) in [6, 6.07) is 1.69. The molecule has 1 aromatic rings. The maximum Gasteiger partial charge on any atom is 0.244 e. The fourth-order valence-corrected chi connectivity index (χ4v) is 3.95. The first-order valence-electron chi connectivity index (χ1n) is 7.57. The standard InChI is InChI=1S/C14H26N4O2S/c1-3-18-12-14(10-13(18)11-15)21(19,20)16(2)8-9-17-6-4-5-7-17/h10,12H,3-9,11,15H2,1-2H3. The molecule has 0 saturated carbocycles. The number of aromatic nitrogens is 1. The van der Waals surface area contributed by atoms with Crippen molar-refractivity contribution in [3.63, 3.8) is 0 Å². The molecule has 120 valence electrons. The number of nitrogens with zero attached hydrogens (tertiary/aromatic N) is 3. The summed E-state index contributed by atoms with van der Waals surface area (Å²) in [6.45, 7) is 6.54. The van der Waals surface area contributed by atoms with E-state index in [1.54, 1.807) is 19.3 Å². The average molecular weight is 314 g/mol. The molecular weight excluding hydrogens is 288 g/mol. The minimum atomic E-state index is -3.42. The van der Waals surface area contributed by atoms with Crippen molar-refractivity contribution in [2.45, 2.75) is 37.8 Å². The quantitative estimate of drug-likeness (QED) is 0.803. The Labute approximate surface area is 127 Å². The number of sulfonamides is 1. The third-order valence-corrected chi connectivity index (χ3v) is 5.97. The smallest absolute Gasteiger partial charge is 0.244 e. The monoisotopic (exact) mass is 314 g/mol. The lowest BCUT2D eigenvalue weighted by atomic mass is 10.4. The van der Waals surface area contributed by atoms with E-state index < -0.39 is 10.0 Å². The van der Waals surface area contributed by atoms with Crippen LogP contribution in [0, 0.1) is 0 Å². The number of nitrogens with two attached hydrogens (primary N) is 1. The van der Waals surface area contributed by atoms with Gasteiger partial charge in [-0.1, -0.05) is 0 Å². The van der Waals surface area contributed by atoms with Gasteiger partial charge in [-0.15, -0.1) is 0 Å². The summed E-state index contributed by atoms with van der Waals surface area (Å²) in [7, 11) is -1.77. The molecule has 0 bridgehead atoms. The number of likely N-dealkylation sites (tertiary alicyclic amines) is 1. The molecule has 1 fully saturated rings. The fourth-order valence-electron chi connectivity index (χ4n) is 2.72. The number of aryl methyl sites for hydroxylation is 1. The summed E-state index contributed by atoms with van der Waals surface area (Å²) in [6.07, 6.45) is 4.12. The van der Waals surface area contributed by atoms with Gasteiger partial charge in [-0.3, -0.25) is 0 Å². The second-order valence-electron chi connectivity index (χ2n) is 5.53. The van der Waals surface area contributed by atoms with E-state index >= 15 is 0 Å². The van der Waals surface area contributed by atoms with Crippen molar-refractivity contribution in [2.24, 2.45) is 5.73 Å². The van der Waals surface area contributed by atoms with Gasteiger partial charge in [0, 0.05) is 45.1 Å². The van der Waals surface area contributed by atoms with Crippen LogP contribution in [0.1, 0.15) is 25.5 Å². The fraction of sp³-hybridized carbons (Fsp3) is 0.714. The van der Waals surface area contributed by atoms with Gasteiger partial charge >= 0.3 is 0 Å². The van der Waals surface area contributed by atoms with Gasteiger partial charge in [-0.05, 0) is 38.9 Å². The minimum Gasteiger partial charge on any atom is -0.349 e. The Morgan fingerprint density at radius 3 is 2.52 bits per heavy atom. The SMILES string of the molecule is CCn1cc(S(=O)(=O)N(C)CCN2CCCC2)cc1CN. The molecule has 0 unspecified atom stereocenters. The van der Waals surface area contributed by atoms with E-state index in [2.05, 4.69) is 4.90 Å². The van der Waals surface area contributed by atoms with Gasteiger partial charge < -0.3 is 15.2 Å². The van der Waals surface area contributed by atoms with E-state index in [1.807, 2.05) is 11.5 Å². The molecule has 21 heavy (non-hydrogen) atoms. The van der Waals surface area contributed by atoms with Crippen LogP contribution in [0.3, 0.4) is 0 Å². The zero-order valence-electron chi connectivity index (χ0n) is 13.0. The van der Waals surface area contributed by atoms with Gasteiger partial charge in [0.25, 0.3) is 0 Å². The molecule has 0 aliphatic carbocycles. The topological polar surface area (TPSA) is 71.6 Å². The van der Waals surface area contributed by atoms with Crippen molar-refractivity contribution in [3.8, 4) is 0 Å². The van der Waals surface area contributed by atoms with E-state index in [0.29, 0.717) is 18.0 Å². The van der Waals surface area contributed by atoms with Gasteiger partial charge in [-0.2, -0.15) is 4.31 Å². The molecule has 2 rings (SSSR count). The van der Waals surface area contributed by atoms with E-state index in [9.17, 15) is 8.42 Å². The summed E-state index contributed by atoms with van der Waals surface area (Å²) < 4.78 is 28.5. The molecule has 2 N–H and O–H groups in total. The molecule has 0 radical (unpaired) electrons. The predicted molar refractivity (Wildman–Crippen MR) is 83.5 cm³/mol. The highest BCUT2D eigenvalue weighted by molar-refractivity contribution is 7.89. The van der Waals surface area contributed by atoms with Crippen LogP contribution < -0.4 is 5.73 Å². The minimum absolute atomic E-state index is 0.341. The van der Waals surface area contributed by atoms with Crippen molar-refractivity contribution in [2.75, 3.05) is 33.2 Å². The van der Waals surface area contributed by atoms with Crippen LogP contribution in [0.2, 0.25) is 0 Å². The van der Waals surface area contributed by atoms with Gasteiger partial charge in [-0.25, -0.2) is 8.42 Å². The molecule has 0 spiro atoms. The molecule has 2 heterocycles. The van der Waals surface area contributed by atoms with E-state index in [4.69, 9.17) is 5.73 Å². The summed E-state index contributed by atoms with van der Waals surface area (Å²) in [5.41, 5.74) is 6.52. The maximum atomic E-state index is 12.6. The second kappa shape index (κ2) is 6.91. The maximum absolute atomic E-state index is 12.6. The van der Waals surface area contributed by atoms with Crippen molar-refractivity contribution in [1.29, 1.82) is 0 Å². The molecule has 0 aromatic carbocycles. The van der Waals surface area contributed by atoms with E-state index in [0.717, 1.165) is 31.9 Å². The number of rotatable bonds is 7. The predicted octanol–water partition coefficient (Wildman–Crippen LogP) is 0.683. The highest BCUT2D eigenvalue weighted by Gasteiger charge is 2.24. The van der Waals surface area contributed by atoms with Crippen molar-refractivity contribution in [3.05, 3.63) is 18.0 Å². The Morgan fingerprint density at radius 1 is 1.33 bits per heavy atom. The Hall–Kier alpha value is -0.890. The largest absolute Gasteiger partial charge is 0.349 e. The zero-order chi connectivity index (χ0) is 15.5. The van der Waals surface area contributed by atoms with Crippen LogP contribution in [0.25, 0.3) is 0 Å². The lowest BCUT2D eigenvalue weighted by Gasteiger charge is -2.20. The molecule has 1 aliphatic rings. The second-order valence-corrected chi connectivity index (χ2v) is 7.58. The molecular formula is C14H26N4O2S. The Bertz CT molecular complexity index is 540. The number of hydrogen-bond acceptors (Lipinski definition) is 4. The molecule has 6 nitrogen and oxygen atoms in total. The van der Waals surface area contributed by atoms with Crippen LogP contribution in [0.15, 0.2) is 17.2 Å². The third kappa shape index (κ3) is 3.66. The van der Waals surface area contributed by atoms with Gasteiger partial charge in [0.2, 0.25) is 10.0 Å².